The highest BCUT2D eigenvalue weighted by Gasteiger charge is 2.39. The van der Waals surface area contributed by atoms with E-state index in [4.69, 9.17) is 4.74 Å². The Kier molecular flexibility index (Phi) is 6.13. The van der Waals surface area contributed by atoms with E-state index in [1.54, 1.807) is 18.3 Å². The van der Waals surface area contributed by atoms with Gasteiger partial charge in [0.2, 0.25) is 0 Å². The number of carbonyl (C=O) groups is 1. The smallest absolute Gasteiger partial charge is 0.250 e. The predicted octanol–water partition coefficient (Wildman–Crippen LogP) is 5.91. The first-order chi connectivity index (χ1) is 16.9. The number of fused-ring (bicyclic) bond motifs is 1. The maximum atomic E-state index is 14.0. The molecule has 35 heavy (non-hydrogen) atoms. The van der Waals surface area contributed by atoms with E-state index in [2.05, 4.69) is 4.98 Å². The molecule has 2 fully saturated rings. The van der Waals surface area contributed by atoms with Crippen LogP contribution in [0.25, 0.3) is 11.8 Å². The molecule has 0 unspecified atom stereocenters. The van der Waals surface area contributed by atoms with Gasteiger partial charge in [0.05, 0.1) is 30.9 Å². The molecular formula is C27H26F3N3O2. The fraction of sp³-hybridized carbons (Fsp3) is 0.333. The zero-order valence-corrected chi connectivity index (χ0v) is 19.6. The average molecular weight is 482 g/mol. The van der Waals surface area contributed by atoms with Gasteiger partial charge in [-0.2, -0.15) is 0 Å². The van der Waals surface area contributed by atoms with Crippen molar-refractivity contribution in [1.82, 2.24) is 14.5 Å². The fourth-order valence-corrected chi connectivity index (χ4v) is 5.25. The lowest BCUT2D eigenvalue weighted by Crippen LogP contribution is -2.49. The Morgan fingerprint density at radius 3 is 2.54 bits per heavy atom. The molecule has 2 saturated heterocycles. The van der Waals surface area contributed by atoms with Crippen LogP contribution >= 0.6 is 0 Å². The molecule has 2 aromatic carbocycles. The van der Waals surface area contributed by atoms with Crippen molar-refractivity contribution in [2.45, 2.75) is 51.1 Å². The zero-order valence-electron chi connectivity index (χ0n) is 19.6. The van der Waals surface area contributed by atoms with Crippen molar-refractivity contribution >= 4 is 12.0 Å². The standard InChI is InChI=1S/C27H26F3N3O2/c1-16-14-32(15-31-16)24-9-6-17(11-25(24)35-2)10-18-7-8-20-4-3-5-23(33(20)27(18)34)19-12-21(28)26(30)22(29)13-19/h6,9-15,20,23H,3-5,7-8H2,1-2H3/t20-,23-/m1/s1. The van der Waals surface area contributed by atoms with Gasteiger partial charge in [-0.25, -0.2) is 18.2 Å². The highest BCUT2D eigenvalue weighted by Crippen LogP contribution is 2.41. The molecule has 0 radical (unpaired) electrons. The third-order valence-electron chi connectivity index (χ3n) is 6.93. The van der Waals surface area contributed by atoms with E-state index < -0.39 is 23.5 Å². The van der Waals surface area contributed by atoms with E-state index in [-0.39, 0.29) is 11.9 Å². The first kappa shape index (κ1) is 23.2. The van der Waals surface area contributed by atoms with Crippen molar-refractivity contribution in [1.29, 1.82) is 0 Å². The molecule has 5 nitrogen and oxygen atoms in total. The molecule has 0 N–H and O–H groups in total. The van der Waals surface area contributed by atoms with Gasteiger partial charge in [0.15, 0.2) is 17.5 Å². The van der Waals surface area contributed by atoms with Crippen LogP contribution in [0.15, 0.2) is 48.4 Å². The summed E-state index contributed by atoms with van der Waals surface area (Å²) in [6.45, 7) is 1.91. The topological polar surface area (TPSA) is 47.4 Å². The molecule has 0 bridgehead atoms. The Hall–Kier alpha value is -3.55. The van der Waals surface area contributed by atoms with E-state index in [1.807, 2.05) is 42.0 Å². The van der Waals surface area contributed by atoms with Gasteiger partial charge < -0.3 is 14.2 Å². The number of aryl methyl sites for hydroxylation is 1. The SMILES string of the molecule is COc1cc(C=C2CC[C@H]3CCC[C@H](c4cc(F)c(F)c(F)c4)N3C2=O)ccc1-n1cnc(C)c1. The van der Waals surface area contributed by atoms with E-state index in [0.717, 1.165) is 48.3 Å². The minimum absolute atomic E-state index is 0.00373. The van der Waals surface area contributed by atoms with Gasteiger partial charge >= 0.3 is 0 Å². The van der Waals surface area contributed by atoms with Crippen LogP contribution in [0.2, 0.25) is 0 Å². The number of hydrogen-bond acceptors (Lipinski definition) is 3. The molecule has 3 heterocycles. The van der Waals surface area contributed by atoms with E-state index in [0.29, 0.717) is 29.7 Å². The molecule has 2 aliphatic rings. The number of piperidine rings is 2. The summed E-state index contributed by atoms with van der Waals surface area (Å²) in [6.07, 6.45) is 9.10. The molecule has 2 atom stereocenters. The highest BCUT2D eigenvalue weighted by atomic mass is 19.2. The summed E-state index contributed by atoms with van der Waals surface area (Å²) < 4.78 is 48.9. The first-order valence-electron chi connectivity index (χ1n) is 11.7. The molecule has 2 aliphatic heterocycles. The van der Waals surface area contributed by atoms with E-state index in [1.165, 1.54) is 0 Å². The normalized spacial score (nSPS) is 21.3. The molecule has 1 aromatic heterocycles. The highest BCUT2D eigenvalue weighted by molar-refractivity contribution is 5.99. The molecule has 182 valence electrons. The molecule has 3 aromatic rings. The number of nitrogens with zero attached hydrogens (tertiary/aromatic N) is 3. The van der Waals surface area contributed by atoms with Crippen LogP contribution in [0, 0.1) is 24.4 Å². The number of benzene rings is 2. The van der Waals surface area contributed by atoms with Crippen LogP contribution in [0.5, 0.6) is 5.75 Å². The fourth-order valence-electron chi connectivity index (χ4n) is 5.25. The first-order valence-corrected chi connectivity index (χ1v) is 11.7. The maximum absolute atomic E-state index is 14.0. The third kappa shape index (κ3) is 4.33. The minimum Gasteiger partial charge on any atom is -0.495 e. The van der Waals surface area contributed by atoms with Crippen LogP contribution in [-0.2, 0) is 4.79 Å². The largest absolute Gasteiger partial charge is 0.495 e. The molecular weight excluding hydrogens is 455 g/mol. The molecule has 5 rings (SSSR count). The van der Waals surface area contributed by atoms with Crippen molar-refractivity contribution in [2.75, 3.05) is 7.11 Å². The van der Waals surface area contributed by atoms with Crippen molar-refractivity contribution in [3.05, 3.63) is 82.7 Å². The second kappa shape index (κ2) is 9.24. The van der Waals surface area contributed by atoms with Crippen molar-refractivity contribution in [2.24, 2.45) is 0 Å². The second-order valence-electron chi connectivity index (χ2n) is 9.17. The Morgan fingerprint density at radius 1 is 1.09 bits per heavy atom. The number of carbonyl (C=O) groups excluding carboxylic acids is 1. The van der Waals surface area contributed by atoms with Gasteiger partial charge in [0, 0.05) is 17.8 Å². The molecule has 0 saturated carbocycles. The monoisotopic (exact) mass is 481 g/mol. The number of rotatable bonds is 4. The summed E-state index contributed by atoms with van der Waals surface area (Å²) >= 11 is 0. The van der Waals surface area contributed by atoms with Gasteiger partial charge in [-0.1, -0.05) is 6.07 Å². The van der Waals surface area contributed by atoms with Crippen molar-refractivity contribution < 1.29 is 22.7 Å². The third-order valence-corrected chi connectivity index (χ3v) is 6.93. The maximum Gasteiger partial charge on any atom is 0.250 e. The number of methoxy groups -OCH3 is 1. The minimum atomic E-state index is -1.49. The lowest BCUT2D eigenvalue weighted by atomic mass is 9.83. The second-order valence-corrected chi connectivity index (χ2v) is 9.17. The summed E-state index contributed by atoms with van der Waals surface area (Å²) in [5, 5.41) is 0. The summed E-state index contributed by atoms with van der Waals surface area (Å²) in [6, 6.07) is 7.23. The van der Waals surface area contributed by atoms with Gasteiger partial charge in [-0.3, -0.25) is 4.79 Å². The molecule has 0 aliphatic carbocycles. The van der Waals surface area contributed by atoms with E-state index in [9.17, 15) is 18.0 Å². The zero-order chi connectivity index (χ0) is 24.7. The number of hydrogen-bond donors (Lipinski definition) is 0. The summed E-state index contributed by atoms with van der Waals surface area (Å²) in [5.74, 6) is -3.46. The molecule has 0 spiro atoms. The van der Waals surface area contributed by atoms with Gasteiger partial charge in [0.25, 0.3) is 5.91 Å². The van der Waals surface area contributed by atoms with E-state index >= 15 is 0 Å². The van der Waals surface area contributed by atoms with Crippen molar-refractivity contribution in [3.8, 4) is 11.4 Å². The van der Waals surface area contributed by atoms with Crippen LogP contribution < -0.4 is 4.74 Å². The van der Waals surface area contributed by atoms with Crippen LogP contribution in [0.1, 0.15) is 55.0 Å². The molecule has 1 amide bonds. The number of amides is 1. The Morgan fingerprint density at radius 2 is 1.86 bits per heavy atom. The number of halogens is 3. The predicted molar refractivity (Wildman–Crippen MR) is 126 cm³/mol. The average Bonchev–Trinajstić information content (AvgIpc) is 3.29. The number of aromatic nitrogens is 2. The van der Waals surface area contributed by atoms with Gasteiger partial charge in [0.1, 0.15) is 5.75 Å². The summed E-state index contributed by atoms with van der Waals surface area (Å²) in [7, 11) is 1.59. The number of imidazole rings is 1. The Bertz CT molecular complexity index is 1290. The Labute approximate surface area is 201 Å². The molecule has 8 heteroatoms. The van der Waals surface area contributed by atoms with Gasteiger partial charge in [-0.05, 0) is 80.5 Å². The Balaban J connectivity index is 1.46. The lowest BCUT2D eigenvalue weighted by Gasteiger charge is -2.46. The van der Waals surface area contributed by atoms with Crippen LogP contribution in [-0.4, -0.2) is 33.5 Å². The summed E-state index contributed by atoms with van der Waals surface area (Å²) in [4.78, 5) is 19.6. The van der Waals surface area contributed by atoms with Crippen LogP contribution in [0.4, 0.5) is 13.2 Å². The number of ether oxygens (including phenoxy) is 1. The van der Waals surface area contributed by atoms with Crippen molar-refractivity contribution in [3.63, 3.8) is 0 Å². The van der Waals surface area contributed by atoms with Gasteiger partial charge in [-0.15, -0.1) is 0 Å². The summed E-state index contributed by atoms with van der Waals surface area (Å²) in [5.41, 5.74) is 3.46. The van der Waals surface area contributed by atoms with Crippen LogP contribution in [0.3, 0.4) is 0 Å². The quantitative estimate of drug-likeness (QED) is 0.344. The lowest BCUT2D eigenvalue weighted by molar-refractivity contribution is -0.136.